The van der Waals surface area contributed by atoms with Crippen molar-refractivity contribution in [2.24, 2.45) is 17.6 Å². The van der Waals surface area contributed by atoms with Crippen LogP contribution in [0.15, 0.2) is 4.52 Å². The molecule has 0 radical (unpaired) electrons. The van der Waals surface area contributed by atoms with Crippen molar-refractivity contribution in [1.82, 2.24) is 10.1 Å². The van der Waals surface area contributed by atoms with Crippen molar-refractivity contribution in [1.29, 1.82) is 0 Å². The van der Waals surface area contributed by atoms with E-state index in [0.717, 1.165) is 19.4 Å². The summed E-state index contributed by atoms with van der Waals surface area (Å²) in [5.41, 5.74) is 5.76. The highest BCUT2D eigenvalue weighted by Crippen LogP contribution is 2.16. The molecule has 5 heteroatoms. The van der Waals surface area contributed by atoms with Gasteiger partial charge in [-0.25, -0.2) is 0 Å². The van der Waals surface area contributed by atoms with Crippen LogP contribution in [0.4, 0.5) is 5.95 Å². The Morgan fingerprint density at radius 3 is 2.65 bits per heavy atom. The number of anilines is 1. The van der Waals surface area contributed by atoms with Crippen LogP contribution in [-0.4, -0.2) is 30.3 Å². The Kier molecular flexibility index (Phi) is 5.41. The Morgan fingerprint density at radius 2 is 2.12 bits per heavy atom. The lowest BCUT2D eigenvalue weighted by atomic mass is 9.94. The van der Waals surface area contributed by atoms with E-state index in [1.807, 2.05) is 11.9 Å². The first-order chi connectivity index (χ1) is 8.06. The molecule has 1 aromatic rings. The molecule has 1 atom stereocenters. The van der Waals surface area contributed by atoms with E-state index in [1.54, 1.807) is 0 Å². The van der Waals surface area contributed by atoms with E-state index in [-0.39, 0.29) is 0 Å². The van der Waals surface area contributed by atoms with Crippen LogP contribution in [0.25, 0.3) is 0 Å². The number of rotatable bonds is 7. The minimum absolute atomic E-state index is 0.426. The predicted octanol–water partition coefficient (Wildman–Crippen LogP) is 1.69. The first-order valence-corrected chi connectivity index (χ1v) is 6.30. The van der Waals surface area contributed by atoms with Crippen LogP contribution in [-0.2, 0) is 6.42 Å². The van der Waals surface area contributed by atoms with Crippen molar-refractivity contribution in [3.05, 3.63) is 5.89 Å². The van der Waals surface area contributed by atoms with E-state index in [2.05, 4.69) is 30.9 Å². The van der Waals surface area contributed by atoms with Gasteiger partial charge in [0.2, 0.25) is 5.89 Å². The van der Waals surface area contributed by atoms with Crippen molar-refractivity contribution in [3.63, 3.8) is 0 Å². The molecular formula is C12H24N4O. The van der Waals surface area contributed by atoms with Crippen LogP contribution in [0, 0.1) is 11.8 Å². The van der Waals surface area contributed by atoms with Crippen molar-refractivity contribution in [3.8, 4) is 0 Å². The van der Waals surface area contributed by atoms with Gasteiger partial charge >= 0.3 is 0 Å². The molecular weight excluding hydrogens is 216 g/mol. The molecule has 0 bridgehead atoms. The highest BCUT2D eigenvalue weighted by atomic mass is 16.5. The fourth-order valence-corrected chi connectivity index (χ4v) is 1.80. The summed E-state index contributed by atoms with van der Waals surface area (Å²) in [6.07, 6.45) is 1.87. The zero-order chi connectivity index (χ0) is 12.8. The third kappa shape index (κ3) is 4.34. The van der Waals surface area contributed by atoms with Crippen molar-refractivity contribution in [2.75, 3.05) is 25.0 Å². The molecule has 2 N–H and O–H groups in total. The first kappa shape index (κ1) is 14.0. The largest absolute Gasteiger partial charge is 0.342 e. The van der Waals surface area contributed by atoms with Crippen LogP contribution in [0.2, 0.25) is 0 Å². The van der Waals surface area contributed by atoms with Gasteiger partial charge in [-0.15, -0.1) is 0 Å². The Bertz CT molecular complexity index is 324. The average molecular weight is 240 g/mol. The Balaban J connectivity index is 2.58. The lowest BCUT2D eigenvalue weighted by molar-refractivity contribution is 0.331. The van der Waals surface area contributed by atoms with Crippen LogP contribution >= 0.6 is 0 Å². The third-order valence-corrected chi connectivity index (χ3v) is 2.87. The van der Waals surface area contributed by atoms with E-state index in [9.17, 15) is 0 Å². The summed E-state index contributed by atoms with van der Waals surface area (Å²) in [6.45, 7) is 7.99. The quantitative estimate of drug-likeness (QED) is 0.785. The summed E-state index contributed by atoms with van der Waals surface area (Å²) < 4.78 is 5.24. The van der Waals surface area contributed by atoms with Gasteiger partial charge in [0.05, 0.1) is 0 Å². The maximum atomic E-state index is 5.76. The maximum Gasteiger partial charge on any atom is 0.265 e. The molecule has 17 heavy (non-hydrogen) atoms. The van der Waals surface area contributed by atoms with E-state index in [0.29, 0.717) is 30.2 Å². The highest BCUT2D eigenvalue weighted by molar-refractivity contribution is 5.25. The predicted molar refractivity (Wildman–Crippen MR) is 68.9 cm³/mol. The summed E-state index contributed by atoms with van der Waals surface area (Å²) in [6, 6.07) is 0. The molecule has 0 saturated heterocycles. The topological polar surface area (TPSA) is 68.2 Å². The molecule has 0 aromatic carbocycles. The second-order valence-corrected chi connectivity index (χ2v) is 4.94. The minimum atomic E-state index is 0.426. The normalized spacial score (nSPS) is 13.1. The molecule has 98 valence electrons. The summed E-state index contributed by atoms with van der Waals surface area (Å²) in [5, 5.41) is 3.95. The van der Waals surface area contributed by atoms with E-state index >= 15 is 0 Å². The molecule has 1 heterocycles. The van der Waals surface area contributed by atoms with E-state index < -0.39 is 0 Å². The SMILES string of the molecule is CCN(C)c1noc(CC(CN)CC(C)C)n1. The van der Waals surface area contributed by atoms with Crippen molar-refractivity contribution < 1.29 is 4.52 Å². The Hall–Kier alpha value is -1.10. The van der Waals surface area contributed by atoms with Gasteiger partial charge in [0.15, 0.2) is 0 Å². The van der Waals surface area contributed by atoms with Gasteiger partial charge in [0.1, 0.15) is 0 Å². The summed E-state index contributed by atoms with van der Waals surface area (Å²) >= 11 is 0. The molecule has 0 amide bonds. The smallest absolute Gasteiger partial charge is 0.265 e. The van der Waals surface area contributed by atoms with Crippen molar-refractivity contribution in [2.45, 2.75) is 33.6 Å². The number of aromatic nitrogens is 2. The van der Waals surface area contributed by atoms with E-state index in [4.69, 9.17) is 10.3 Å². The lowest BCUT2D eigenvalue weighted by Crippen LogP contribution is -2.19. The van der Waals surface area contributed by atoms with E-state index in [1.165, 1.54) is 0 Å². The summed E-state index contributed by atoms with van der Waals surface area (Å²) in [5.74, 6) is 2.42. The van der Waals surface area contributed by atoms with Gasteiger partial charge in [-0.3, -0.25) is 0 Å². The van der Waals surface area contributed by atoms with Crippen LogP contribution < -0.4 is 10.6 Å². The van der Waals surface area contributed by atoms with Gasteiger partial charge in [-0.2, -0.15) is 4.98 Å². The summed E-state index contributed by atoms with van der Waals surface area (Å²) in [7, 11) is 1.95. The van der Waals surface area contributed by atoms with Gasteiger partial charge < -0.3 is 15.2 Å². The van der Waals surface area contributed by atoms with Gasteiger partial charge in [-0.05, 0) is 36.9 Å². The molecule has 0 spiro atoms. The van der Waals surface area contributed by atoms with Crippen LogP contribution in [0.3, 0.4) is 0 Å². The molecule has 0 saturated carbocycles. The zero-order valence-corrected chi connectivity index (χ0v) is 11.3. The minimum Gasteiger partial charge on any atom is -0.342 e. The highest BCUT2D eigenvalue weighted by Gasteiger charge is 2.15. The lowest BCUT2D eigenvalue weighted by Gasteiger charge is -2.14. The number of hydrogen-bond acceptors (Lipinski definition) is 5. The Morgan fingerprint density at radius 1 is 1.41 bits per heavy atom. The Labute approximate surface area is 103 Å². The molecule has 5 nitrogen and oxygen atoms in total. The number of hydrogen-bond donors (Lipinski definition) is 1. The molecule has 0 aliphatic rings. The molecule has 1 rings (SSSR count). The molecule has 0 aliphatic carbocycles. The molecule has 1 unspecified atom stereocenters. The summed E-state index contributed by atoms with van der Waals surface area (Å²) in [4.78, 5) is 6.32. The fourth-order valence-electron chi connectivity index (χ4n) is 1.80. The second-order valence-electron chi connectivity index (χ2n) is 4.94. The molecule has 0 fully saturated rings. The first-order valence-electron chi connectivity index (χ1n) is 6.30. The monoisotopic (exact) mass is 240 g/mol. The van der Waals surface area contributed by atoms with Gasteiger partial charge in [-0.1, -0.05) is 13.8 Å². The molecule has 1 aromatic heterocycles. The second kappa shape index (κ2) is 6.59. The number of nitrogens with two attached hydrogens (primary N) is 1. The maximum absolute atomic E-state index is 5.76. The third-order valence-electron chi connectivity index (χ3n) is 2.87. The number of nitrogens with zero attached hydrogens (tertiary/aromatic N) is 3. The van der Waals surface area contributed by atoms with Gasteiger partial charge in [0.25, 0.3) is 5.95 Å². The molecule has 0 aliphatic heterocycles. The van der Waals surface area contributed by atoms with Crippen LogP contribution in [0.1, 0.15) is 33.1 Å². The van der Waals surface area contributed by atoms with Crippen molar-refractivity contribution >= 4 is 5.95 Å². The van der Waals surface area contributed by atoms with Gasteiger partial charge in [0, 0.05) is 20.0 Å². The fraction of sp³-hybridized carbons (Fsp3) is 0.833. The standard InChI is InChI=1S/C12H24N4O/c1-5-16(4)12-14-11(17-15-12)7-10(8-13)6-9(2)3/h9-10H,5-8,13H2,1-4H3. The average Bonchev–Trinajstić information content (AvgIpc) is 2.75. The zero-order valence-electron chi connectivity index (χ0n) is 11.3. The van der Waals surface area contributed by atoms with Crippen LogP contribution in [0.5, 0.6) is 0 Å².